The molecule has 0 aliphatic carbocycles. The molecule has 11 nitrogen and oxygen atoms in total. The van der Waals surface area contributed by atoms with Crippen LogP contribution in [0.2, 0.25) is 0 Å². The van der Waals surface area contributed by atoms with E-state index in [1.54, 1.807) is 29.2 Å². The molecule has 11 heteroatoms. The van der Waals surface area contributed by atoms with Crippen LogP contribution in [-0.4, -0.2) is 69.9 Å². The Morgan fingerprint density at radius 2 is 1.83 bits per heavy atom. The van der Waals surface area contributed by atoms with Gasteiger partial charge in [-0.25, -0.2) is 4.79 Å². The Morgan fingerprint density at radius 3 is 2.56 bits per heavy atom. The third-order valence-electron chi connectivity index (χ3n) is 5.75. The molecule has 4 rings (SSSR count). The van der Waals surface area contributed by atoms with Crippen molar-refractivity contribution < 1.29 is 23.8 Å². The summed E-state index contributed by atoms with van der Waals surface area (Å²) >= 11 is 0. The molecule has 192 valence electrons. The minimum Gasteiger partial charge on any atom is -0.443 e. The van der Waals surface area contributed by atoms with Crippen LogP contribution in [0.25, 0.3) is 5.65 Å². The zero-order valence-electron chi connectivity index (χ0n) is 20.6. The van der Waals surface area contributed by atoms with Gasteiger partial charge in [0.25, 0.3) is 0 Å². The first kappa shape index (κ1) is 25.5. The van der Waals surface area contributed by atoms with Gasteiger partial charge in [-0.15, -0.1) is 10.2 Å². The fourth-order valence-corrected chi connectivity index (χ4v) is 3.74. The van der Waals surface area contributed by atoms with Gasteiger partial charge in [0.1, 0.15) is 12.6 Å². The van der Waals surface area contributed by atoms with Crippen molar-refractivity contribution in [2.24, 2.45) is 5.73 Å². The van der Waals surface area contributed by atoms with Gasteiger partial charge in [0.2, 0.25) is 5.91 Å². The fraction of sp³-hybridized carbons (Fsp3) is 0.440. The summed E-state index contributed by atoms with van der Waals surface area (Å²) in [4.78, 5) is 26.9. The number of rotatable bonds is 9. The SMILES string of the molecule is CC(C)(N)C(=O)NC(COCc1ccccc1)c1nnc2cccc(COC(=O)N3CCOCC3)n12. The second-order valence-electron chi connectivity index (χ2n) is 9.17. The minimum atomic E-state index is -1.10. The van der Waals surface area contributed by atoms with E-state index >= 15 is 0 Å². The van der Waals surface area contributed by atoms with Gasteiger partial charge in [0.15, 0.2) is 11.5 Å². The molecular formula is C25H32N6O5. The number of hydrogen-bond donors (Lipinski definition) is 2. The summed E-state index contributed by atoms with van der Waals surface area (Å²) in [6, 6.07) is 14.5. The number of aromatic nitrogens is 3. The lowest BCUT2D eigenvalue weighted by atomic mass is 10.1. The number of nitrogens with two attached hydrogens (primary N) is 1. The molecule has 1 atom stereocenters. The lowest BCUT2D eigenvalue weighted by Gasteiger charge is -2.26. The molecule has 1 aliphatic heterocycles. The highest BCUT2D eigenvalue weighted by Gasteiger charge is 2.29. The predicted octanol–water partition coefficient (Wildman–Crippen LogP) is 1.81. The van der Waals surface area contributed by atoms with Crippen molar-refractivity contribution in [3.8, 4) is 0 Å². The van der Waals surface area contributed by atoms with Gasteiger partial charge in [-0.1, -0.05) is 36.4 Å². The molecule has 1 unspecified atom stereocenters. The first-order valence-corrected chi connectivity index (χ1v) is 11.9. The number of nitrogens with zero attached hydrogens (tertiary/aromatic N) is 4. The van der Waals surface area contributed by atoms with Crippen molar-refractivity contribution in [3.63, 3.8) is 0 Å². The number of nitrogens with one attached hydrogen (secondary N) is 1. The van der Waals surface area contributed by atoms with Gasteiger partial charge < -0.3 is 30.2 Å². The number of amides is 2. The van der Waals surface area contributed by atoms with Crippen LogP contribution in [-0.2, 0) is 32.2 Å². The van der Waals surface area contributed by atoms with E-state index in [0.29, 0.717) is 50.1 Å². The van der Waals surface area contributed by atoms with Crippen LogP contribution in [0.1, 0.15) is 37.0 Å². The molecule has 1 aromatic carbocycles. The summed E-state index contributed by atoms with van der Waals surface area (Å²) in [6.45, 7) is 5.72. The second kappa shape index (κ2) is 11.5. The Kier molecular flexibility index (Phi) is 8.14. The summed E-state index contributed by atoms with van der Waals surface area (Å²) in [5.41, 5.74) is 7.14. The monoisotopic (exact) mass is 496 g/mol. The number of pyridine rings is 1. The number of hydrogen-bond acceptors (Lipinski definition) is 8. The zero-order valence-corrected chi connectivity index (χ0v) is 20.6. The predicted molar refractivity (Wildman–Crippen MR) is 131 cm³/mol. The lowest BCUT2D eigenvalue weighted by Crippen LogP contribution is -2.51. The Morgan fingerprint density at radius 1 is 1.08 bits per heavy atom. The molecule has 3 aromatic rings. The molecule has 1 aliphatic rings. The molecule has 0 radical (unpaired) electrons. The standard InChI is InChI=1S/C25H32N6O5/c1-25(2,26)23(32)27-20(17-35-15-18-7-4-3-5-8-18)22-29-28-21-10-6-9-19(31(21)22)16-36-24(33)30-11-13-34-14-12-30/h3-10,20H,11-17,26H2,1-2H3,(H,27,32). The third-order valence-corrected chi connectivity index (χ3v) is 5.75. The van der Waals surface area contributed by atoms with Crippen LogP contribution in [0.4, 0.5) is 4.79 Å². The van der Waals surface area contributed by atoms with Crippen LogP contribution in [0.3, 0.4) is 0 Å². The van der Waals surface area contributed by atoms with E-state index in [9.17, 15) is 9.59 Å². The van der Waals surface area contributed by atoms with E-state index in [-0.39, 0.29) is 19.1 Å². The average Bonchev–Trinajstić information content (AvgIpc) is 3.32. The Hall–Kier alpha value is -3.54. The van der Waals surface area contributed by atoms with E-state index in [1.165, 1.54) is 0 Å². The summed E-state index contributed by atoms with van der Waals surface area (Å²) in [6.07, 6.45) is -0.411. The van der Waals surface area contributed by atoms with Gasteiger partial charge >= 0.3 is 6.09 Å². The highest BCUT2D eigenvalue weighted by Crippen LogP contribution is 2.19. The van der Waals surface area contributed by atoms with Gasteiger partial charge in [0.05, 0.1) is 37.7 Å². The van der Waals surface area contributed by atoms with E-state index in [1.807, 2.05) is 42.5 Å². The Balaban J connectivity index is 1.55. The molecular weight excluding hydrogens is 464 g/mol. The van der Waals surface area contributed by atoms with Gasteiger partial charge in [-0.2, -0.15) is 0 Å². The smallest absolute Gasteiger partial charge is 0.410 e. The minimum absolute atomic E-state index is 0.00644. The number of benzene rings is 1. The first-order valence-electron chi connectivity index (χ1n) is 11.9. The first-order chi connectivity index (χ1) is 17.3. The normalized spacial score (nSPS) is 15.0. The molecule has 0 bridgehead atoms. The van der Waals surface area contributed by atoms with Gasteiger partial charge in [-0.3, -0.25) is 9.20 Å². The molecule has 0 spiro atoms. The molecule has 3 N–H and O–H groups in total. The van der Waals surface area contributed by atoms with Crippen LogP contribution < -0.4 is 11.1 Å². The van der Waals surface area contributed by atoms with E-state index in [4.69, 9.17) is 19.9 Å². The van der Waals surface area contributed by atoms with Crippen LogP contribution in [0, 0.1) is 0 Å². The molecule has 2 amide bonds. The van der Waals surface area contributed by atoms with Crippen molar-refractivity contribution in [2.75, 3.05) is 32.9 Å². The molecule has 1 fully saturated rings. The highest BCUT2D eigenvalue weighted by molar-refractivity contribution is 5.85. The number of morpholine rings is 1. The maximum Gasteiger partial charge on any atom is 0.410 e. The fourth-order valence-electron chi connectivity index (χ4n) is 3.74. The van der Waals surface area contributed by atoms with Crippen LogP contribution >= 0.6 is 0 Å². The topological polar surface area (TPSA) is 133 Å². The molecule has 36 heavy (non-hydrogen) atoms. The lowest BCUT2D eigenvalue weighted by molar-refractivity contribution is -0.126. The van der Waals surface area contributed by atoms with Crippen molar-refractivity contribution in [1.82, 2.24) is 24.8 Å². The zero-order chi connectivity index (χ0) is 25.5. The van der Waals surface area contributed by atoms with Crippen molar-refractivity contribution in [2.45, 2.75) is 38.6 Å². The number of carbonyl (C=O) groups is 2. The largest absolute Gasteiger partial charge is 0.443 e. The third kappa shape index (κ3) is 6.36. The van der Waals surface area contributed by atoms with E-state index < -0.39 is 17.7 Å². The summed E-state index contributed by atoms with van der Waals surface area (Å²) in [5, 5.41) is 11.5. The van der Waals surface area contributed by atoms with Crippen molar-refractivity contribution >= 4 is 17.6 Å². The quantitative estimate of drug-likeness (QED) is 0.458. The Labute approximate surface area is 209 Å². The number of ether oxygens (including phenoxy) is 3. The second-order valence-corrected chi connectivity index (χ2v) is 9.17. The van der Waals surface area contributed by atoms with E-state index in [0.717, 1.165) is 5.56 Å². The molecule has 2 aromatic heterocycles. The molecule has 3 heterocycles. The summed E-state index contributed by atoms with van der Waals surface area (Å²) < 4.78 is 18.6. The molecule has 1 saturated heterocycles. The van der Waals surface area contributed by atoms with Crippen LogP contribution in [0.5, 0.6) is 0 Å². The van der Waals surface area contributed by atoms with E-state index in [2.05, 4.69) is 15.5 Å². The van der Waals surface area contributed by atoms with Gasteiger partial charge in [-0.05, 0) is 31.5 Å². The number of fused-ring (bicyclic) bond motifs is 1. The number of carbonyl (C=O) groups excluding carboxylic acids is 2. The van der Waals surface area contributed by atoms with Gasteiger partial charge in [0, 0.05) is 13.1 Å². The van der Waals surface area contributed by atoms with Crippen molar-refractivity contribution in [3.05, 3.63) is 65.6 Å². The van der Waals surface area contributed by atoms with Crippen LogP contribution in [0.15, 0.2) is 48.5 Å². The highest BCUT2D eigenvalue weighted by atomic mass is 16.6. The Bertz CT molecular complexity index is 1170. The average molecular weight is 497 g/mol. The summed E-state index contributed by atoms with van der Waals surface area (Å²) in [7, 11) is 0. The maximum atomic E-state index is 12.8. The maximum absolute atomic E-state index is 12.8. The molecule has 0 saturated carbocycles. The van der Waals surface area contributed by atoms with Crippen molar-refractivity contribution in [1.29, 1.82) is 0 Å². The summed E-state index contributed by atoms with van der Waals surface area (Å²) in [5.74, 6) is 0.0949.